The molecular weight excluding hydrogens is 430 g/mol. The fourth-order valence-corrected chi connectivity index (χ4v) is 3.52. The predicted octanol–water partition coefficient (Wildman–Crippen LogP) is 4.81. The molecule has 160 valence electrons. The Hall–Kier alpha value is -3.15. The first kappa shape index (κ1) is 21.6. The number of aromatic nitrogens is 2. The van der Waals surface area contributed by atoms with Gasteiger partial charge in [-0.2, -0.15) is 5.10 Å². The van der Waals surface area contributed by atoms with E-state index in [1.54, 1.807) is 13.0 Å². The highest BCUT2D eigenvalue weighted by Gasteiger charge is 2.23. The number of hydrogen-bond acceptors (Lipinski definition) is 6. The van der Waals surface area contributed by atoms with Gasteiger partial charge in [0.1, 0.15) is 22.1 Å². The number of ether oxygens (including phenoxy) is 1. The Balaban J connectivity index is 1.77. The molecular formula is C18H15F4N3O4S. The van der Waals surface area contributed by atoms with Crippen molar-refractivity contribution in [1.29, 1.82) is 0 Å². The number of esters is 1. The maximum absolute atomic E-state index is 13.1. The first-order valence-corrected chi connectivity index (χ1v) is 9.24. The lowest BCUT2D eigenvalue weighted by atomic mass is 10.3. The maximum Gasteiger partial charge on any atom is 0.340 e. The first-order valence-electron chi connectivity index (χ1n) is 8.42. The third-order valence-electron chi connectivity index (χ3n) is 3.96. The molecule has 3 rings (SSSR count). The number of carbonyl (C=O) groups is 2. The lowest BCUT2D eigenvalue weighted by Gasteiger charge is -2.05. The maximum atomic E-state index is 13.1. The molecule has 0 aliphatic rings. The number of amides is 1. The van der Waals surface area contributed by atoms with E-state index in [9.17, 15) is 27.2 Å². The summed E-state index contributed by atoms with van der Waals surface area (Å²) in [6.07, 6.45) is -6.01. The lowest BCUT2D eigenvalue weighted by molar-refractivity contribution is 0.0602. The summed E-state index contributed by atoms with van der Waals surface area (Å²) in [5.41, 5.74) is -1.29. The van der Waals surface area contributed by atoms with Gasteiger partial charge >= 0.3 is 5.97 Å². The molecule has 0 aliphatic carbocycles. The van der Waals surface area contributed by atoms with Crippen molar-refractivity contribution in [3.63, 3.8) is 0 Å². The molecule has 3 aromatic heterocycles. The molecule has 0 fully saturated rings. The van der Waals surface area contributed by atoms with E-state index in [2.05, 4.69) is 15.2 Å². The van der Waals surface area contributed by atoms with E-state index in [0.717, 1.165) is 16.2 Å². The van der Waals surface area contributed by atoms with Gasteiger partial charge in [-0.3, -0.25) is 9.48 Å². The van der Waals surface area contributed by atoms with E-state index in [-0.39, 0.29) is 28.6 Å². The molecule has 0 aromatic carbocycles. The van der Waals surface area contributed by atoms with Crippen molar-refractivity contribution >= 4 is 28.2 Å². The fraction of sp³-hybridized carbons (Fsp3) is 0.278. The molecule has 12 heteroatoms. The summed E-state index contributed by atoms with van der Waals surface area (Å²) in [7, 11) is 1.21. The van der Waals surface area contributed by atoms with Gasteiger partial charge in [-0.15, -0.1) is 11.3 Å². The molecule has 1 N–H and O–H groups in total. The Morgan fingerprint density at radius 2 is 1.97 bits per heavy atom. The smallest absolute Gasteiger partial charge is 0.340 e. The highest BCUT2D eigenvalue weighted by molar-refractivity contribution is 7.16. The number of methoxy groups -OCH3 is 1. The molecule has 0 atom stereocenters. The normalized spacial score (nSPS) is 11.3. The molecule has 0 unspecified atom stereocenters. The molecule has 0 radical (unpaired) electrons. The zero-order chi connectivity index (χ0) is 22.0. The van der Waals surface area contributed by atoms with E-state index in [1.165, 1.54) is 19.2 Å². The van der Waals surface area contributed by atoms with Crippen molar-refractivity contribution in [1.82, 2.24) is 9.78 Å². The SMILES string of the molecule is COC(=O)c1cc(C)sc1NC(=O)c1ccc(Cn2nc(C(F)F)cc2C(F)F)o1. The average molecular weight is 445 g/mol. The average Bonchev–Trinajstić information content (AvgIpc) is 3.40. The Kier molecular flexibility index (Phi) is 6.25. The minimum atomic E-state index is -3.01. The highest BCUT2D eigenvalue weighted by Crippen LogP contribution is 2.29. The van der Waals surface area contributed by atoms with Gasteiger partial charge < -0.3 is 14.5 Å². The Morgan fingerprint density at radius 1 is 1.23 bits per heavy atom. The van der Waals surface area contributed by atoms with Crippen LogP contribution in [0.15, 0.2) is 28.7 Å². The fourth-order valence-electron chi connectivity index (χ4n) is 2.63. The second-order valence-corrected chi connectivity index (χ2v) is 7.32. The second kappa shape index (κ2) is 8.69. The molecule has 1 amide bonds. The Bertz CT molecular complexity index is 1070. The van der Waals surface area contributed by atoms with E-state index in [1.807, 2.05) is 0 Å². The quantitative estimate of drug-likeness (QED) is 0.417. The Labute approximate surface area is 171 Å². The summed E-state index contributed by atoms with van der Waals surface area (Å²) < 4.78 is 62.4. The molecule has 0 saturated heterocycles. The number of hydrogen-bond donors (Lipinski definition) is 1. The van der Waals surface area contributed by atoms with Crippen LogP contribution >= 0.6 is 11.3 Å². The van der Waals surface area contributed by atoms with Crippen molar-refractivity contribution in [3.8, 4) is 0 Å². The van der Waals surface area contributed by atoms with Crippen molar-refractivity contribution < 1.29 is 36.3 Å². The first-order chi connectivity index (χ1) is 14.2. The third-order valence-corrected chi connectivity index (χ3v) is 4.92. The number of aryl methyl sites for hydroxylation is 1. The van der Waals surface area contributed by atoms with Crippen molar-refractivity contribution in [2.24, 2.45) is 0 Å². The van der Waals surface area contributed by atoms with E-state index >= 15 is 0 Å². The van der Waals surface area contributed by atoms with Crippen LogP contribution in [0.4, 0.5) is 22.6 Å². The van der Waals surface area contributed by atoms with Crippen LogP contribution in [0.1, 0.15) is 55.8 Å². The van der Waals surface area contributed by atoms with E-state index in [0.29, 0.717) is 10.7 Å². The van der Waals surface area contributed by atoms with Gasteiger partial charge in [0.05, 0.1) is 19.2 Å². The van der Waals surface area contributed by atoms with Gasteiger partial charge in [-0.25, -0.2) is 22.4 Å². The van der Waals surface area contributed by atoms with Crippen LogP contribution in [0.3, 0.4) is 0 Å². The molecule has 3 heterocycles. The molecule has 3 aromatic rings. The van der Waals surface area contributed by atoms with Crippen LogP contribution in [-0.4, -0.2) is 28.8 Å². The summed E-state index contributed by atoms with van der Waals surface area (Å²) in [5, 5.41) is 6.26. The number of halogens is 4. The number of alkyl halides is 4. The van der Waals surface area contributed by atoms with Gasteiger partial charge in [0.25, 0.3) is 18.8 Å². The van der Waals surface area contributed by atoms with Crippen molar-refractivity contribution in [2.75, 3.05) is 12.4 Å². The van der Waals surface area contributed by atoms with Gasteiger partial charge in [0.2, 0.25) is 0 Å². The summed E-state index contributed by atoms with van der Waals surface area (Å²) >= 11 is 1.16. The van der Waals surface area contributed by atoms with Gasteiger partial charge in [0.15, 0.2) is 5.76 Å². The van der Waals surface area contributed by atoms with Crippen LogP contribution in [-0.2, 0) is 11.3 Å². The minimum absolute atomic E-state index is 0.0570. The van der Waals surface area contributed by atoms with Crippen molar-refractivity contribution in [2.45, 2.75) is 26.3 Å². The predicted molar refractivity (Wildman–Crippen MR) is 98.3 cm³/mol. The van der Waals surface area contributed by atoms with E-state index in [4.69, 9.17) is 4.42 Å². The van der Waals surface area contributed by atoms with E-state index < -0.39 is 36.1 Å². The lowest BCUT2D eigenvalue weighted by Crippen LogP contribution is -2.13. The van der Waals surface area contributed by atoms with Crippen LogP contribution in [0.5, 0.6) is 0 Å². The monoisotopic (exact) mass is 445 g/mol. The summed E-state index contributed by atoms with van der Waals surface area (Å²) in [4.78, 5) is 25.0. The number of nitrogens with zero attached hydrogens (tertiary/aromatic N) is 2. The molecule has 0 bridgehead atoms. The number of nitrogens with one attached hydrogen (secondary N) is 1. The molecule has 0 aliphatic heterocycles. The molecule has 0 saturated carbocycles. The minimum Gasteiger partial charge on any atom is -0.465 e. The number of furan rings is 1. The van der Waals surface area contributed by atoms with Crippen LogP contribution in [0, 0.1) is 6.92 Å². The standard InChI is InChI=1S/C18H15F4N3O4S/c1-8-5-10(18(27)28-2)17(30-8)23-16(26)13-4-3-9(29-13)7-25-12(15(21)22)6-11(24-25)14(19)20/h3-6,14-15H,7H2,1-2H3,(H,23,26). The van der Waals surface area contributed by atoms with Gasteiger partial charge in [0, 0.05) is 4.88 Å². The number of carbonyl (C=O) groups excluding carboxylic acids is 2. The van der Waals surface area contributed by atoms with Gasteiger partial charge in [-0.05, 0) is 31.2 Å². The largest absolute Gasteiger partial charge is 0.465 e. The second-order valence-electron chi connectivity index (χ2n) is 6.06. The zero-order valence-electron chi connectivity index (χ0n) is 15.6. The third kappa shape index (κ3) is 4.53. The molecule has 30 heavy (non-hydrogen) atoms. The summed E-state index contributed by atoms with van der Waals surface area (Å²) in [6.45, 7) is 1.38. The highest BCUT2D eigenvalue weighted by atomic mass is 32.1. The zero-order valence-corrected chi connectivity index (χ0v) is 16.4. The van der Waals surface area contributed by atoms with Gasteiger partial charge in [-0.1, -0.05) is 0 Å². The summed E-state index contributed by atoms with van der Waals surface area (Å²) in [5.74, 6) is -1.41. The summed E-state index contributed by atoms with van der Waals surface area (Å²) in [6, 6.07) is 4.82. The molecule has 0 spiro atoms. The van der Waals surface area contributed by atoms with Crippen LogP contribution in [0.25, 0.3) is 0 Å². The van der Waals surface area contributed by atoms with Crippen LogP contribution in [0.2, 0.25) is 0 Å². The number of rotatable bonds is 7. The Morgan fingerprint density at radius 3 is 2.60 bits per heavy atom. The topological polar surface area (TPSA) is 86.4 Å². The number of anilines is 1. The van der Waals surface area contributed by atoms with Crippen molar-refractivity contribution in [3.05, 3.63) is 57.6 Å². The molecule has 7 nitrogen and oxygen atoms in total. The van der Waals surface area contributed by atoms with Crippen LogP contribution < -0.4 is 5.32 Å². The number of thiophene rings is 1.